The van der Waals surface area contributed by atoms with Crippen molar-refractivity contribution < 1.29 is 4.42 Å². The summed E-state index contributed by atoms with van der Waals surface area (Å²) in [6, 6.07) is 44.8. The van der Waals surface area contributed by atoms with Crippen molar-refractivity contribution in [2.24, 2.45) is 0 Å². The first-order chi connectivity index (χ1) is 20.8. The van der Waals surface area contributed by atoms with Crippen LogP contribution in [0.3, 0.4) is 0 Å². The summed E-state index contributed by atoms with van der Waals surface area (Å²) in [5, 5.41) is 0. The van der Waals surface area contributed by atoms with Gasteiger partial charge >= 0.3 is 0 Å². The van der Waals surface area contributed by atoms with Crippen molar-refractivity contribution in [2.75, 3.05) is 0 Å². The number of hydrogen-bond acceptors (Lipinski definition) is 4. The molecule has 0 aliphatic heterocycles. The molecule has 1 atom stereocenters. The van der Waals surface area contributed by atoms with Crippen LogP contribution in [0.1, 0.15) is 22.5 Å². The zero-order valence-corrected chi connectivity index (χ0v) is 22.5. The highest BCUT2D eigenvalue weighted by Crippen LogP contribution is 2.63. The van der Waals surface area contributed by atoms with E-state index in [4.69, 9.17) is 9.40 Å². The maximum Gasteiger partial charge on any atom is 0.163 e. The average molecular weight is 538 g/mol. The highest BCUT2D eigenvalue weighted by molar-refractivity contribution is 5.94. The normalized spacial score (nSPS) is 15.7. The molecule has 7 aromatic rings. The number of hydrogen-bond donors (Lipinski definition) is 0. The number of furan rings is 1. The van der Waals surface area contributed by atoms with Crippen LogP contribution in [0.5, 0.6) is 0 Å². The van der Waals surface area contributed by atoms with Crippen molar-refractivity contribution in [3.05, 3.63) is 162 Å². The van der Waals surface area contributed by atoms with Gasteiger partial charge in [0.2, 0.25) is 0 Å². The monoisotopic (exact) mass is 537 g/mol. The number of aromatic nitrogens is 3. The molecule has 5 aromatic carbocycles. The van der Waals surface area contributed by atoms with Gasteiger partial charge in [-0.25, -0.2) is 15.0 Å². The summed E-state index contributed by atoms with van der Waals surface area (Å²) in [5.41, 5.74) is 12.2. The highest BCUT2D eigenvalue weighted by atomic mass is 16.3. The quantitative estimate of drug-likeness (QED) is 0.226. The fraction of sp³-hybridized carbons (Fsp3) is 0.0263. The molecular weight excluding hydrogens is 514 g/mol. The van der Waals surface area contributed by atoms with Gasteiger partial charge in [0.25, 0.3) is 0 Å². The van der Waals surface area contributed by atoms with Crippen LogP contribution in [0.2, 0.25) is 0 Å². The molecule has 0 amide bonds. The van der Waals surface area contributed by atoms with Gasteiger partial charge < -0.3 is 4.42 Å². The standard InChI is InChI=1S/C38H23N3O/c1-2-8-24(9-3-1)25-14-16-26(17-15-25)36-39-23-40-37(41-36)27-18-19-30-28-10-4-6-12-32(28)38(34(30)22-27)33-13-7-5-11-29(33)31-20-21-42-35(31)38/h1-23H. The van der Waals surface area contributed by atoms with Crippen LogP contribution >= 0.6 is 0 Å². The van der Waals surface area contributed by atoms with Crippen molar-refractivity contribution >= 4 is 0 Å². The minimum absolute atomic E-state index is 0.527. The van der Waals surface area contributed by atoms with Crippen LogP contribution in [0.15, 0.2) is 144 Å². The van der Waals surface area contributed by atoms with Crippen molar-refractivity contribution in [3.8, 4) is 56.2 Å². The van der Waals surface area contributed by atoms with E-state index in [0.29, 0.717) is 11.6 Å². The molecule has 0 saturated heterocycles. The summed E-state index contributed by atoms with van der Waals surface area (Å²) in [7, 11) is 0. The first kappa shape index (κ1) is 23.1. The van der Waals surface area contributed by atoms with Gasteiger partial charge in [0.15, 0.2) is 11.6 Å². The van der Waals surface area contributed by atoms with E-state index in [2.05, 4.69) is 131 Å². The molecule has 2 aromatic heterocycles. The van der Waals surface area contributed by atoms with Crippen molar-refractivity contribution in [1.29, 1.82) is 0 Å². The van der Waals surface area contributed by atoms with E-state index >= 15 is 0 Å². The molecule has 2 aliphatic rings. The Hall–Kier alpha value is -5.61. The Morgan fingerprint density at radius 2 is 1.02 bits per heavy atom. The Kier molecular flexibility index (Phi) is 4.79. The van der Waals surface area contributed by atoms with E-state index < -0.39 is 5.41 Å². The Labute approximate surface area is 243 Å². The van der Waals surface area contributed by atoms with Crippen LogP contribution in [0.4, 0.5) is 0 Å². The van der Waals surface area contributed by atoms with E-state index in [-0.39, 0.29) is 0 Å². The van der Waals surface area contributed by atoms with Crippen molar-refractivity contribution in [2.45, 2.75) is 5.41 Å². The lowest BCUT2D eigenvalue weighted by molar-refractivity contribution is 0.474. The predicted molar refractivity (Wildman–Crippen MR) is 165 cm³/mol. The summed E-state index contributed by atoms with van der Waals surface area (Å²) in [4.78, 5) is 14.1. The number of fused-ring (bicyclic) bond motifs is 10. The van der Waals surface area contributed by atoms with Gasteiger partial charge in [-0.1, -0.05) is 115 Å². The summed E-state index contributed by atoms with van der Waals surface area (Å²) in [5.74, 6) is 2.27. The van der Waals surface area contributed by atoms with Gasteiger partial charge in [0.05, 0.1) is 6.26 Å². The molecule has 196 valence electrons. The molecule has 1 spiro atoms. The topological polar surface area (TPSA) is 51.8 Å². The van der Waals surface area contributed by atoms with Crippen LogP contribution < -0.4 is 0 Å². The van der Waals surface area contributed by atoms with Gasteiger partial charge in [-0.05, 0) is 56.6 Å². The lowest BCUT2D eigenvalue weighted by Gasteiger charge is -2.28. The molecule has 9 rings (SSSR count). The van der Waals surface area contributed by atoms with Gasteiger partial charge in [-0.15, -0.1) is 0 Å². The van der Waals surface area contributed by atoms with E-state index in [1.807, 2.05) is 12.3 Å². The third-order valence-corrected chi connectivity index (χ3v) is 8.75. The summed E-state index contributed by atoms with van der Waals surface area (Å²) in [6.45, 7) is 0. The Bertz CT molecular complexity index is 2150. The van der Waals surface area contributed by atoms with Crippen LogP contribution in [-0.4, -0.2) is 15.0 Å². The van der Waals surface area contributed by atoms with Gasteiger partial charge in [0, 0.05) is 16.7 Å². The maximum atomic E-state index is 6.33. The second-order valence-electron chi connectivity index (χ2n) is 10.8. The molecular formula is C38H23N3O. The second-order valence-corrected chi connectivity index (χ2v) is 10.8. The minimum atomic E-state index is -0.527. The maximum absolute atomic E-state index is 6.33. The molecule has 42 heavy (non-hydrogen) atoms. The number of nitrogens with zero attached hydrogens (tertiary/aromatic N) is 3. The molecule has 0 N–H and O–H groups in total. The lowest BCUT2D eigenvalue weighted by Crippen LogP contribution is -2.25. The highest BCUT2D eigenvalue weighted by Gasteiger charge is 2.54. The lowest BCUT2D eigenvalue weighted by atomic mass is 9.73. The molecule has 4 heteroatoms. The predicted octanol–water partition coefficient (Wildman–Crippen LogP) is 8.81. The molecule has 4 nitrogen and oxygen atoms in total. The molecule has 2 heterocycles. The minimum Gasteiger partial charge on any atom is -0.467 e. The largest absolute Gasteiger partial charge is 0.467 e. The van der Waals surface area contributed by atoms with Gasteiger partial charge in [0.1, 0.15) is 17.5 Å². The first-order valence-electron chi connectivity index (χ1n) is 14.1. The molecule has 0 fully saturated rings. The van der Waals surface area contributed by atoms with Crippen LogP contribution in [0.25, 0.3) is 56.2 Å². The molecule has 0 bridgehead atoms. The number of rotatable bonds is 3. The Morgan fingerprint density at radius 3 is 1.79 bits per heavy atom. The molecule has 0 saturated carbocycles. The summed E-state index contributed by atoms with van der Waals surface area (Å²) >= 11 is 0. The van der Waals surface area contributed by atoms with Gasteiger partial charge in [-0.3, -0.25) is 0 Å². The van der Waals surface area contributed by atoms with Crippen molar-refractivity contribution in [3.63, 3.8) is 0 Å². The van der Waals surface area contributed by atoms with E-state index in [0.717, 1.165) is 28.0 Å². The SMILES string of the molecule is c1ccc(-c2ccc(-c3ncnc(-c4ccc5c(c4)C4(c6ccccc6-5)c5ccccc5-c5ccoc54)n3)cc2)cc1. The van der Waals surface area contributed by atoms with Gasteiger partial charge in [-0.2, -0.15) is 0 Å². The third kappa shape index (κ3) is 3.09. The fourth-order valence-corrected chi connectivity index (χ4v) is 6.95. The van der Waals surface area contributed by atoms with E-state index in [1.54, 1.807) is 6.33 Å². The summed E-state index contributed by atoms with van der Waals surface area (Å²) in [6.07, 6.45) is 3.42. The molecule has 1 unspecified atom stereocenters. The fourth-order valence-electron chi connectivity index (χ4n) is 6.95. The Balaban J connectivity index is 1.19. The average Bonchev–Trinajstić information content (AvgIpc) is 3.74. The second kappa shape index (κ2) is 8.69. The zero-order chi connectivity index (χ0) is 27.7. The number of benzene rings is 5. The first-order valence-corrected chi connectivity index (χ1v) is 14.1. The van der Waals surface area contributed by atoms with Crippen LogP contribution in [0, 0.1) is 0 Å². The smallest absolute Gasteiger partial charge is 0.163 e. The van der Waals surface area contributed by atoms with E-state index in [1.165, 1.54) is 38.9 Å². The Morgan fingerprint density at radius 1 is 0.452 bits per heavy atom. The third-order valence-electron chi connectivity index (χ3n) is 8.75. The van der Waals surface area contributed by atoms with Crippen molar-refractivity contribution in [1.82, 2.24) is 15.0 Å². The molecule has 2 aliphatic carbocycles. The van der Waals surface area contributed by atoms with E-state index in [9.17, 15) is 0 Å². The molecule has 0 radical (unpaired) electrons. The van der Waals surface area contributed by atoms with Crippen LogP contribution in [-0.2, 0) is 5.41 Å². The zero-order valence-electron chi connectivity index (χ0n) is 22.5. The summed E-state index contributed by atoms with van der Waals surface area (Å²) < 4.78 is 6.33.